The van der Waals surface area contributed by atoms with Gasteiger partial charge >= 0.3 is 5.97 Å². The lowest BCUT2D eigenvalue weighted by molar-refractivity contribution is -0.144. The number of hydrogen-bond acceptors (Lipinski definition) is 7. The summed E-state index contributed by atoms with van der Waals surface area (Å²) in [6.45, 7) is -0.0721. The number of rotatable bonds is 6. The molecule has 0 spiro atoms. The van der Waals surface area contributed by atoms with Gasteiger partial charge in [-0.25, -0.2) is 4.98 Å². The van der Waals surface area contributed by atoms with Gasteiger partial charge < -0.3 is 14.2 Å². The summed E-state index contributed by atoms with van der Waals surface area (Å²) in [7, 11) is 3.09. The van der Waals surface area contributed by atoms with Crippen LogP contribution in [0.5, 0.6) is 11.5 Å². The van der Waals surface area contributed by atoms with E-state index >= 15 is 0 Å². The van der Waals surface area contributed by atoms with Crippen LogP contribution in [0.1, 0.15) is 11.3 Å². The Bertz CT molecular complexity index is 1260. The third kappa shape index (κ3) is 3.79. The Hall–Kier alpha value is -3.39. The van der Waals surface area contributed by atoms with Gasteiger partial charge in [0.1, 0.15) is 18.1 Å². The zero-order chi connectivity index (χ0) is 20.4. The van der Waals surface area contributed by atoms with Crippen LogP contribution in [0.3, 0.4) is 0 Å². The van der Waals surface area contributed by atoms with Gasteiger partial charge in [0.2, 0.25) is 0 Å². The minimum Gasteiger partial charge on any atom is -0.497 e. The molecule has 29 heavy (non-hydrogen) atoms. The second-order valence-electron chi connectivity index (χ2n) is 6.29. The number of para-hydroxylation sites is 1. The van der Waals surface area contributed by atoms with Crippen LogP contribution >= 0.6 is 11.3 Å². The topological polar surface area (TPSA) is 79.1 Å². The van der Waals surface area contributed by atoms with Crippen LogP contribution in [-0.4, -0.2) is 29.6 Å². The SMILES string of the molecule is COc1ccc(CC(=O)OCc2cc(=O)n3c(n2)sc2ccccc23)c(OC)c1. The monoisotopic (exact) mass is 410 g/mol. The van der Waals surface area contributed by atoms with Crippen molar-refractivity contribution in [3.05, 3.63) is 70.1 Å². The van der Waals surface area contributed by atoms with Gasteiger partial charge in [0.15, 0.2) is 4.96 Å². The lowest BCUT2D eigenvalue weighted by atomic mass is 10.1. The predicted octanol–water partition coefficient (Wildman–Crippen LogP) is 3.21. The first-order valence-electron chi connectivity index (χ1n) is 8.86. The van der Waals surface area contributed by atoms with Crippen LogP contribution in [-0.2, 0) is 22.6 Å². The largest absolute Gasteiger partial charge is 0.497 e. The number of thiazole rings is 1. The van der Waals surface area contributed by atoms with Crippen molar-refractivity contribution in [1.29, 1.82) is 0 Å². The molecular formula is C21H18N2O5S. The van der Waals surface area contributed by atoms with E-state index in [1.165, 1.54) is 24.5 Å². The van der Waals surface area contributed by atoms with E-state index in [1.807, 2.05) is 24.3 Å². The number of esters is 1. The summed E-state index contributed by atoms with van der Waals surface area (Å²) in [4.78, 5) is 29.8. The minimum absolute atomic E-state index is 0.0390. The third-order valence-corrected chi connectivity index (χ3v) is 5.48. The molecule has 0 aliphatic heterocycles. The maximum atomic E-state index is 12.5. The summed E-state index contributed by atoms with van der Waals surface area (Å²) >= 11 is 1.42. The summed E-state index contributed by atoms with van der Waals surface area (Å²) in [5.74, 6) is 0.747. The van der Waals surface area contributed by atoms with Gasteiger partial charge in [-0.05, 0) is 18.2 Å². The zero-order valence-corrected chi connectivity index (χ0v) is 16.7. The molecule has 0 unspecified atom stereocenters. The van der Waals surface area contributed by atoms with Gasteiger partial charge in [-0.2, -0.15) is 0 Å². The lowest BCUT2D eigenvalue weighted by Gasteiger charge is -2.10. The van der Waals surface area contributed by atoms with Crippen LogP contribution < -0.4 is 15.0 Å². The number of fused-ring (bicyclic) bond motifs is 3. The quantitative estimate of drug-likeness (QED) is 0.454. The number of methoxy groups -OCH3 is 2. The van der Waals surface area contributed by atoms with Crippen molar-refractivity contribution in [3.8, 4) is 11.5 Å². The highest BCUT2D eigenvalue weighted by Crippen LogP contribution is 2.26. The number of hydrogen-bond donors (Lipinski definition) is 0. The molecule has 0 amide bonds. The van der Waals surface area contributed by atoms with Crippen molar-refractivity contribution in [2.24, 2.45) is 0 Å². The molecule has 0 fully saturated rings. The Labute approximate surface area is 170 Å². The van der Waals surface area contributed by atoms with Gasteiger partial charge in [-0.3, -0.25) is 14.0 Å². The molecule has 0 saturated carbocycles. The van der Waals surface area contributed by atoms with Gasteiger partial charge in [-0.15, -0.1) is 0 Å². The second-order valence-corrected chi connectivity index (χ2v) is 7.30. The van der Waals surface area contributed by atoms with Crippen LogP contribution in [0.15, 0.2) is 53.3 Å². The molecule has 0 aliphatic carbocycles. The summed E-state index contributed by atoms with van der Waals surface area (Å²) in [5, 5.41) is 0. The van der Waals surface area contributed by atoms with E-state index in [0.29, 0.717) is 27.7 Å². The molecule has 4 rings (SSSR count). The van der Waals surface area contributed by atoms with E-state index in [9.17, 15) is 9.59 Å². The Morgan fingerprint density at radius 3 is 2.72 bits per heavy atom. The van der Waals surface area contributed by atoms with Crippen LogP contribution in [0.2, 0.25) is 0 Å². The molecular weight excluding hydrogens is 392 g/mol. The highest BCUT2D eigenvalue weighted by Gasteiger charge is 2.13. The average Bonchev–Trinajstić information content (AvgIpc) is 3.11. The van der Waals surface area contributed by atoms with E-state index in [4.69, 9.17) is 14.2 Å². The van der Waals surface area contributed by atoms with Crippen LogP contribution in [0.4, 0.5) is 0 Å². The molecule has 0 bridgehead atoms. The molecule has 2 aromatic heterocycles. The third-order valence-electron chi connectivity index (χ3n) is 4.46. The summed E-state index contributed by atoms with van der Waals surface area (Å²) in [6.07, 6.45) is 0.0390. The van der Waals surface area contributed by atoms with E-state index in [2.05, 4.69) is 4.98 Å². The fourth-order valence-corrected chi connectivity index (χ4v) is 4.11. The summed E-state index contributed by atoms with van der Waals surface area (Å²) < 4.78 is 18.3. The normalized spacial score (nSPS) is 11.0. The van der Waals surface area contributed by atoms with E-state index in [1.54, 1.807) is 29.7 Å². The molecule has 8 heteroatoms. The van der Waals surface area contributed by atoms with Crippen LogP contribution in [0.25, 0.3) is 15.2 Å². The number of benzene rings is 2. The van der Waals surface area contributed by atoms with E-state index in [-0.39, 0.29) is 18.6 Å². The Morgan fingerprint density at radius 1 is 1.10 bits per heavy atom. The fourth-order valence-electron chi connectivity index (χ4n) is 3.06. The smallest absolute Gasteiger partial charge is 0.310 e. The van der Waals surface area contributed by atoms with Crippen molar-refractivity contribution < 1.29 is 19.0 Å². The molecule has 0 saturated heterocycles. The van der Waals surface area contributed by atoms with Crippen molar-refractivity contribution >= 4 is 32.5 Å². The molecule has 0 radical (unpaired) electrons. The van der Waals surface area contributed by atoms with Crippen molar-refractivity contribution in [1.82, 2.24) is 9.38 Å². The van der Waals surface area contributed by atoms with Gasteiger partial charge in [0, 0.05) is 17.7 Å². The predicted molar refractivity (Wildman–Crippen MR) is 110 cm³/mol. The number of carbonyl (C=O) groups is 1. The van der Waals surface area contributed by atoms with E-state index in [0.717, 1.165) is 10.2 Å². The first-order valence-corrected chi connectivity index (χ1v) is 9.67. The molecule has 2 heterocycles. The average molecular weight is 410 g/mol. The summed E-state index contributed by atoms with van der Waals surface area (Å²) in [5.41, 5.74) is 1.72. The van der Waals surface area contributed by atoms with Gasteiger partial charge in [0.25, 0.3) is 5.56 Å². The first-order chi connectivity index (χ1) is 14.1. The minimum atomic E-state index is -0.438. The van der Waals surface area contributed by atoms with Crippen molar-refractivity contribution in [2.45, 2.75) is 13.0 Å². The highest BCUT2D eigenvalue weighted by molar-refractivity contribution is 7.23. The standard InChI is InChI=1S/C21H18N2O5S/c1-26-15-8-7-13(17(11-15)27-2)9-20(25)28-12-14-10-19(24)23-16-5-3-4-6-18(16)29-21(23)22-14/h3-8,10-11H,9,12H2,1-2H3. The lowest BCUT2D eigenvalue weighted by Crippen LogP contribution is -2.16. The Balaban J connectivity index is 1.50. The van der Waals surface area contributed by atoms with Gasteiger partial charge in [0.05, 0.1) is 36.6 Å². The molecule has 148 valence electrons. The number of nitrogens with zero attached hydrogens (tertiary/aromatic N) is 2. The molecule has 4 aromatic rings. The van der Waals surface area contributed by atoms with Crippen molar-refractivity contribution in [2.75, 3.05) is 14.2 Å². The Morgan fingerprint density at radius 2 is 1.93 bits per heavy atom. The number of carbonyl (C=O) groups excluding carboxylic acids is 1. The summed E-state index contributed by atoms with van der Waals surface area (Å²) in [6, 6.07) is 14.2. The number of ether oxygens (including phenoxy) is 3. The van der Waals surface area contributed by atoms with Gasteiger partial charge in [-0.1, -0.05) is 29.5 Å². The zero-order valence-electron chi connectivity index (χ0n) is 15.9. The molecule has 0 N–H and O–H groups in total. The fraction of sp³-hybridized carbons (Fsp3) is 0.190. The second kappa shape index (κ2) is 7.92. The molecule has 0 aliphatic rings. The van der Waals surface area contributed by atoms with Crippen molar-refractivity contribution in [3.63, 3.8) is 0 Å². The highest BCUT2D eigenvalue weighted by atomic mass is 32.1. The van der Waals surface area contributed by atoms with Crippen LogP contribution in [0, 0.1) is 0 Å². The van der Waals surface area contributed by atoms with E-state index < -0.39 is 5.97 Å². The molecule has 2 aromatic carbocycles. The maximum absolute atomic E-state index is 12.5. The first kappa shape index (κ1) is 18.9. The molecule has 0 atom stereocenters. The number of aromatic nitrogens is 2. The maximum Gasteiger partial charge on any atom is 0.310 e. The molecule has 7 nitrogen and oxygen atoms in total. The Kier molecular flexibility index (Phi) is 5.18.